The minimum Gasteiger partial charge on any atom is -0.312 e. The normalized spacial score (nSPS) is 10.5. The second-order valence-corrected chi connectivity index (χ2v) is 4.84. The molecule has 0 aliphatic rings. The quantitative estimate of drug-likeness (QED) is 0.521. The highest BCUT2D eigenvalue weighted by Crippen LogP contribution is 2.14. The van der Waals surface area contributed by atoms with E-state index in [0.717, 1.165) is 19.5 Å². The van der Waals surface area contributed by atoms with Crippen LogP contribution >= 0.6 is 11.3 Å². The first-order valence-corrected chi connectivity index (χ1v) is 6.57. The molecular formula is C13H21NS. The molecule has 0 saturated heterocycles. The van der Waals surface area contributed by atoms with Crippen LogP contribution in [0.3, 0.4) is 0 Å². The van der Waals surface area contributed by atoms with E-state index >= 15 is 0 Å². The lowest BCUT2D eigenvalue weighted by Gasteiger charge is -2.03. The van der Waals surface area contributed by atoms with Crippen molar-refractivity contribution in [2.45, 2.75) is 39.2 Å². The zero-order valence-electron chi connectivity index (χ0n) is 9.59. The zero-order chi connectivity index (χ0) is 10.9. The van der Waals surface area contributed by atoms with Crippen LogP contribution < -0.4 is 5.32 Å². The van der Waals surface area contributed by atoms with Crippen LogP contribution in [-0.2, 0) is 6.54 Å². The van der Waals surface area contributed by atoms with Crippen molar-refractivity contribution in [3.8, 4) is 0 Å². The molecule has 0 bridgehead atoms. The highest BCUT2D eigenvalue weighted by Gasteiger charge is 1.97. The van der Waals surface area contributed by atoms with Gasteiger partial charge in [-0.05, 0) is 49.7 Å². The van der Waals surface area contributed by atoms with E-state index in [1.54, 1.807) is 0 Å². The van der Waals surface area contributed by atoms with Gasteiger partial charge >= 0.3 is 0 Å². The van der Waals surface area contributed by atoms with Gasteiger partial charge < -0.3 is 5.32 Å². The topological polar surface area (TPSA) is 12.0 Å². The van der Waals surface area contributed by atoms with Crippen molar-refractivity contribution in [3.05, 3.63) is 34.5 Å². The van der Waals surface area contributed by atoms with Gasteiger partial charge in [-0.3, -0.25) is 0 Å². The fourth-order valence-corrected chi connectivity index (χ4v) is 2.38. The van der Waals surface area contributed by atoms with Crippen LogP contribution in [0.1, 0.15) is 36.1 Å². The first kappa shape index (κ1) is 12.5. The maximum atomic E-state index is 3.72. The number of allylic oxidation sites excluding steroid dienone is 1. The summed E-state index contributed by atoms with van der Waals surface area (Å²) in [6.45, 7) is 8.07. The number of rotatable bonds is 8. The third-order valence-corrected chi connectivity index (χ3v) is 3.54. The Kier molecular flexibility index (Phi) is 6.37. The Bertz CT molecular complexity index is 278. The van der Waals surface area contributed by atoms with E-state index in [4.69, 9.17) is 0 Å². The van der Waals surface area contributed by atoms with Gasteiger partial charge in [-0.25, -0.2) is 0 Å². The van der Waals surface area contributed by atoms with Gasteiger partial charge in [0.15, 0.2) is 0 Å². The van der Waals surface area contributed by atoms with Gasteiger partial charge in [-0.1, -0.05) is 12.5 Å². The number of unbranched alkanes of at least 4 members (excludes halogenated alkanes) is 3. The Labute approximate surface area is 97.2 Å². The van der Waals surface area contributed by atoms with Crippen molar-refractivity contribution >= 4 is 11.3 Å². The molecule has 0 aliphatic heterocycles. The molecule has 0 unspecified atom stereocenters. The lowest BCUT2D eigenvalue weighted by atomic mass is 10.2. The monoisotopic (exact) mass is 223 g/mol. The summed E-state index contributed by atoms with van der Waals surface area (Å²) in [6, 6.07) is 2.19. The maximum absolute atomic E-state index is 3.72. The Morgan fingerprint density at radius 3 is 2.93 bits per heavy atom. The Morgan fingerprint density at radius 2 is 2.27 bits per heavy atom. The molecule has 0 fully saturated rings. The summed E-state index contributed by atoms with van der Waals surface area (Å²) >= 11 is 1.85. The van der Waals surface area contributed by atoms with Crippen molar-refractivity contribution in [2.75, 3.05) is 6.54 Å². The molecule has 0 saturated carbocycles. The summed E-state index contributed by atoms with van der Waals surface area (Å²) in [7, 11) is 0. The number of hydrogen-bond donors (Lipinski definition) is 1. The third-order valence-electron chi connectivity index (χ3n) is 2.52. The SMILES string of the molecule is C=CCCCCCNCc1sccc1C. The first-order valence-electron chi connectivity index (χ1n) is 5.69. The van der Waals surface area contributed by atoms with Crippen molar-refractivity contribution in [1.29, 1.82) is 0 Å². The van der Waals surface area contributed by atoms with Gasteiger partial charge in [0, 0.05) is 11.4 Å². The molecule has 0 aliphatic carbocycles. The number of hydrogen-bond acceptors (Lipinski definition) is 2. The van der Waals surface area contributed by atoms with Crippen molar-refractivity contribution in [1.82, 2.24) is 5.32 Å². The molecule has 1 aromatic heterocycles. The summed E-state index contributed by atoms with van der Waals surface area (Å²) in [4.78, 5) is 1.47. The van der Waals surface area contributed by atoms with E-state index in [-0.39, 0.29) is 0 Å². The summed E-state index contributed by atoms with van der Waals surface area (Å²) < 4.78 is 0. The van der Waals surface area contributed by atoms with Crippen molar-refractivity contribution < 1.29 is 0 Å². The van der Waals surface area contributed by atoms with Crippen LogP contribution in [0.2, 0.25) is 0 Å². The zero-order valence-corrected chi connectivity index (χ0v) is 10.4. The van der Waals surface area contributed by atoms with Crippen LogP contribution in [-0.4, -0.2) is 6.54 Å². The fraction of sp³-hybridized carbons (Fsp3) is 0.538. The highest BCUT2D eigenvalue weighted by atomic mass is 32.1. The predicted octanol–water partition coefficient (Wildman–Crippen LogP) is 3.89. The maximum Gasteiger partial charge on any atom is 0.0302 e. The van der Waals surface area contributed by atoms with Gasteiger partial charge in [0.05, 0.1) is 0 Å². The predicted molar refractivity (Wildman–Crippen MR) is 69.4 cm³/mol. The highest BCUT2D eigenvalue weighted by molar-refractivity contribution is 7.10. The fourth-order valence-electron chi connectivity index (χ4n) is 1.50. The molecule has 1 heterocycles. The van der Waals surface area contributed by atoms with Gasteiger partial charge in [0.25, 0.3) is 0 Å². The standard InChI is InChI=1S/C13H21NS/c1-3-4-5-6-7-9-14-11-13-12(2)8-10-15-13/h3,8,10,14H,1,4-7,9,11H2,2H3. The number of nitrogens with one attached hydrogen (secondary N) is 1. The summed E-state index contributed by atoms with van der Waals surface area (Å²) in [5.74, 6) is 0. The van der Waals surface area contributed by atoms with Crippen LogP contribution in [0.15, 0.2) is 24.1 Å². The van der Waals surface area contributed by atoms with Gasteiger partial charge in [-0.15, -0.1) is 17.9 Å². The second-order valence-electron chi connectivity index (χ2n) is 3.84. The minimum absolute atomic E-state index is 1.03. The lowest BCUT2D eigenvalue weighted by Crippen LogP contribution is -2.14. The van der Waals surface area contributed by atoms with Crippen LogP contribution in [0.4, 0.5) is 0 Å². The molecule has 1 aromatic rings. The van der Waals surface area contributed by atoms with Crippen LogP contribution in [0, 0.1) is 6.92 Å². The largest absolute Gasteiger partial charge is 0.312 e. The van der Waals surface area contributed by atoms with Crippen molar-refractivity contribution in [3.63, 3.8) is 0 Å². The molecule has 0 aromatic carbocycles. The van der Waals surface area contributed by atoms with Gasteiger partial charge in [0.1, 0.15) is 0 Å². The molecular weight excluding hydrogens is 202 g/mol. The summed E-state index contributed by atoms with van der Waals surface area (Å²) in [5, 5.41) is 5.65. The van der Waals surface area contributed by atoms with E-state index in [2.05, 4.69) is 30.3 Å². The molecule has 1 rings (SSSR count). The summed E-state index contributed by atoms with van der Waals surface area (Å²) in [5.41, 5.74) is 1.42. The second kappa shape index (κ2) is 7.66. The average molecular weight is 223 g/mol. The molecule has 0 spiro atoms. The molecule has 2 heteroatoms. The Balaban J connectivity index is 1.98. The molecule has 0 radical (unpaired) electrons. The molecule has 15 heavy (non-hydrogen) atoms. The third kappa shape index (κ3) is 5.14. The van der Waals surface area contributed by atoms with E-state index < -0.39 is 0 Å². The summed E-state index contributed by atoms with van der Waals surface area (Å²) in [6.07, 6.45) is 7.02. The molecule has 84 valence electrons. The van der Waals surface area contributed by atoms with Gasteiger partial charge in [0.2, 0.25) is 0 Å². The van der Waals surface area contributed by atoms with E-state index in [0.29, 0.717) is 0 Å². The minimum atomic E-state index is 1.03. The van der Waals surface area contributed by atoms with E-state index in [9.17, 15) is 0 Å². The molecule has 1 nitrogen and oxygen atoms in total. The smallest absolute Gasteiger partial charge is 0.0302 e. The van der Waals surface area contributed by atoms with E-state index in [1.165, 1.54) is 29.7 Å². The molecule has 1 N–H and O–H groups in total. The average Bonchev–Trinajstić information content (AvgIpc) is 2.63. The van der Waals surface area contributed by atoms with Crippen molar-refractivity contribution in [2.24, 2.45) is 0 Å². The molecule has 0 amide bonds. The number of thiophene rings is 1. The molecule has 0 atom stereocenters. The van der Waals surface area contributed by atoms with Gasteiger partial charge in [-0.2, -0.15) is 0 Å². The Morgan fingerprint density at radius 1 is 1.40 bits per heavy atom. The Hall–Kier alpha value is -0.600. The van der Waals surface area contributed by atoms with E-state index in [1.807, 2.05) is 17.4 Å². The lowest BCUT2D eigenvalue weighted by molar-refractivity contribution is 0.608. The number of aryl methyl sites for hydroxylation is 1. The van der Waals surface area contributed by atoms with Crippen LogP contribution in [0.25, 0.3) is 0 Å². The van der Waals surface area contributed by atoms with Crippen LogP contribution in [0.5, 0.6) is 0 Å². The first-order chi connectivity index (χ1) is 7.34.